The zero-order valence-corrected chi connectivity index (χ0v) is 6.86. The number of hydrogen-bond acceptors (Lipinski definition) is 3. The van der Waals surface area contributed by atoms with Gasteiger partial charge in [0.2, 0.25) is 0 Å². The van der Waals surface area contributed by atoms with Gasteiger partial charge in [0.1, 0.15) is 12.2 Å². The van der Waals surface area contributed by atoms with Crippen LogP contribution in [0.4, 0.5) is 0 Å². The fourth-order valence-electron chi connectivity index (χ4n) is 0.975. The molecular formula is C7H13N3O. The maximum atomic E-state index is 9.06. The second-order valence-electron chi connectivity index (χ2n) is 2.55. The molecule has 1 N–H and O–H groups in total. The lowest BCUT2D eigenvalue weighted by Crippen LogP contribution is -2.11. The molecule has 4 heteroatoms. The molecule has 0 aliphatic heterocycles. The maximum absolute atomic E-state index is 9.06. The van der Waals surface area contributed by atoms with Crippen molar-refractivity contribution in [2.45, 2.75) is 32.9 Å². The third-order valence-electron chi connectivity index (χ3n) is 1.47. The predicted molar refractivity (Wildman–Crippen MR) is 41.1 cm³/mol. The first-order valence-corrected chi connectivity index (χ1v) is 3.78. The summed E-state index contributed by atoms with van der Waals surface area (Å²) in [6, 6.07) is 0. The first-order valence-electron chi connectivity index (χ1n) is 3.78. The Kier molecular flexibility index (Phi) is 2.59. The number of hydrogen-bond donors (Lipinski definition) is 1. The lowest BCUT2D eigenvalue weighted by molar-refractivity contribution is 0.191. The lowest BCUT2D eigenvalue weighted by Gasteiger charge is -2.03. The first kappa shape index (κ1) is 8.20. The average molecular weight is 155 g/mol. The fraction of sp³-hybridized carbons (Fsp3) is 0.714. The van der Waals surface area contributed by atoms with E-state index in [9.17, 15) is 0 Å². The summed E-state index contributed by atoms with van der Waals surface area (Å²) >= 11 is 0. The van der Waals surface area contributed by atoms with Crippen LogP contribution in [0.15, 0.2) is 6.33 Å². The Morgan fingerprint density at radius 2 is 2.45 bits per heavy atom. The van der Waals surface area contributed by atoms with E-state index in [1.54, 1.807) is 11.6 Å². The van der Waals surface area contributed by atoms with Crippen molar-refractivity contribution < 1.29 is 5.11 Å². The van der Waals surface area contributed by atoms with Crippen LogP contribution < -0.4 is 0 Å². The van der Waals surface area contributed by atoms with E-state index < -0.39 is 0 Å². The van der Waals surface area contributed by atoms with Crippen LogP contribution in [0, 0.1) is 0 Å². The van der Waals surface area contributed by atoms with Gasteiger partial charge in [-0.3, -0.25) is 4.68 Å². The third kappa shape index (κ3) is 2.01. The van der Waals surface area contributed by atoms with Crippen LogP contribution in [0.1, 0.15) is 19.7 Å². The van der Waals surface area contributed by atoms with E-state index in [0.717, 1.165) is 12.4 Å². The number of rotatable bonds is 3. The normalized spacial score (nSPS) is 13.4. The third-order valence-corrected chi connectivity index (χ3v) is 1.47. The largest absolute Gasteiger partial charge is 0.393 e. The molecule has 4 nitrogen and oxygen atoms in total. The predicted octanol–water partition coefficient (Wildman–Crippen LogP) is 0.221. The molecule has 62 valence electrons. The van der Waals surface area contributed by atoms with Crippen LogP contribution in [-0.2, 0) is 13.0 Å². The molecule has 0 unspecified atom stereocenters. The second kappa shape index (κ2) is 3.48. The molecule has 0 fully saturated rings. The zero-order chi connectivity index (χ0) is 8.27. The molecule has 1 rings (SSSR count). The van der Waals surface area contributed by atoms with E-state index >= 15 is 0 Å². The van der Waals surface area contributed by atoms with Crippen molar-refractivity contribution in [3.63, 3.8) is 0 Å². The maximum Gasteiger partial charge on any atom is 0.138 e. The second-order valence-corrected chi connectivity index (χ2v) is 2.55. The van der Waals surface area contributed by atoms with Gasteiger partial charge in [-0.25, -0.2) is 4.98 Å². The van der Waals surface area contributed by atoms with Crippen molar-refractivity contribution >= 4 is 0 Å². The van der Waals surface area contributed by atoms with Gasteiger partial charge in [-0.15, -0.1) is 0 Å². The highest BCUT2D eigenvalue weighted by Gasteiger charge is 2.04. The van der Waals surface area contributed by atoms with Crippen molar-refractivity contribution in [2.75, 3.05) is 0 Å². The van der Waals surface area contributed by atoms with Crippen LogP contribution >= 0.6 is 0 Å². The molecule has 0 amide bonds. The highest BCUT2D eigenvalue weighted by Crippen LogP contribution is 1.98. The number of aliphatic hydroxyl groups excluding tert-OH is 1. The van der Waals surface area contributed by atoms with Gasteiger partial charge in [0.05, 0.1) is 6.10 Å². The van der Waals surface area contributed by atoms with Gasteiger partial charge in [0.15, 0.2) is 0 Å². The Morgan fingerprint density at radius 1 is 1.73 bits per heavy atom. The highest BCUT2D eigenvalue weighted by molar-refractivity contribution is 4.85. The van der Waals surface area contributed by atoms with Gasteiger partial charge in [0, 0.05) is 13.0 Å². The van der Waals surface area contributed by atoms with E-state index in [1.165, 1.54) is 6.33 Å². The molecule has 0 aromatic carbocycles. The summed E-state index contributed by atoms with van der Waals surface area (Å²) in [4.78, 5) is 4.02. The van der Waals surface area contributed by atoms with E-state index in [0.29, 0.717) is 6.42 Å². The molecule has 1 heterocycles. The Morgan fingerprint density at radius 3 is 3.00 bits per heavy atom. The molecule has 1 aromatic rings. The molecule has 0 saturated carbocycles. The fourth-order valence-corrected chi connectivity index (χ4v) is 0.975. The molecule has 0 saturated heterocycles. The van der Waals surface area contributed by atoms with E-state index in [1.807, 2.05) is 6.92 Å². The van der Waals surface area contributed by atoms with Crippen LogP contribution in [0.2, 0.25) is 0 Å². The van der Waals surface area contributed by atoms with Crippen molar-refractivity contribution in [3.8, 4) is 0 Å². The molecule has 0 aliphatic rings. The summed E-state index contributed by atoms with van der Waals surface area (Å²) in [5, 5.41) is 13.0. The smallest absolute Gasteiger partial charge is 0.138 e. The van der Waals surface area contributed by atoms with Gasteiger partial charge in [-0.1, -0.05) is 0 Å². The summed E-state index contributed by atoms with van der Waals surface area (Å²) < 4.78 is 1.78. The van der Waals surface area contributed by atoms with E-state index in [4.69, 9.17) is 5.11 Å². The summed E-state index contributed by atoms with van der Waals surface area (Å²) in [5.74, 6) is 0.850. The van der Waals surface area contributed by atoms with Gasteiger partial charge in [0.25, 0.3) is 0 Å². The van der Waals surface area contributed by atoms with Gasteiger partial charge in [-0.2, -0.15) is 5.10 Å². The minimum atomic E-state index is -0.343. The molecule has 0 bridgehead atoms. The van der Waals surface area contributed by atoms with Crippen molar-refractivity contribution in [2.24, 2.45) is 0 Å². The van der Waals surface area contributed by atoms with Crippen LogP contribution in [0.25, 0.3) is 0 Å². The molecule has 11 heavy (non-hydrogen) atoms. The number of nitrogens with zero attached hydrogens (tertiary/aromatic N) is 3. The Bertz CT molecular complexity index is 219. The van der Waals surface area contributed by atoms with E-state index in [2.05, 4.69) is 10.1 Å². The first-order chi connectivity index (χ1) is 5.24. The van der Waals surface area contributed by atoms with Crippen molar-refractivity contribution in [1.82, 2.24) is 14.8 Å². The average Bonchev–Trinajstić information content (AvgIpc) is 2.34. The monoisotopic (exact) mass is 155 g/mol. The minimum Gasteiger partial charge on any atom is -0.393 e. The lowest BCUT2D eigenvalue weighted by atomic mass is 10.3. The summed E-state index contributed by atoms with van der Waals surface area (Å²) in [7, 11) is 0. The molecule has 1 aromatic heterocycles. The topological polar surface area (TPSA) is 50.9 Å². The summed E-state index contributed by atoms with van der Waals surface area (Å²) in [5.41, 5.74) is 0. The zero-order valence-electron chi connectivity index (χ0n) is 6.86. The Labute approximate surface area is 65.9 Å². The number of aryl methyl sites for hydroxylation is 1. The van der Waals surface area contributed by atoms with Gasteiger partial charge < -0.3 is 5.11 Å². The molecular weight excluding hydrogens is 142 g/mol. The van der Waals surface area contributed by atoms with Gasteiger partial charge in [-0.05, 0) is 13.8 Å². The van der Waals surface area contributed by atoms with Crippen LogP contribution in [-0.4, -0.2) is 26.0 Å². The summed E-state index contributed by atoms with van der Waals surface area (Å²) in [6.45, 7) is 4.55. The Hall–Kier alpha value is -0.900. The van der Waals surface area contributed by atoms with Crippen LogP contribution in [0.3, 0.4) is 0 Å². The molecule has 0 radical (unpaired) electrons. The SMILES string of the molecule is CCn1ncnc1C[C@H](C)O. The Balaban J connectivity index is 2.68. The van der Waals surface area contributed by atoms with Crippen molar-refractivity contribution in [3.05, 3.63) is 12.2 Å². The van der Waals surface area contributed by atoms with E-state index in [-0.39, 0.29) is 6.10 Å². The van der Waals surface area contributed by atoms with Crippen molar-refractivity contribution in [1.29, 1.82) is 0 Å². The van der Waals surface area contributed by atoms with Crippen LogP contribution in [0.5, 0.6) is 0 Å². The standard InChI is InChI=1S/C7H13N3O/c1-3-10-7(4-6(2)11)8-5-9-10/h5-6,11H,3-4H2,1-2H3/t6-/m0/s1. The highest BCUT2D eigenvalue weighted by atomic mass is 16.3. The minimum absolute atomic E-state index is 0.343. The quantitative estimate of drug-likeness (QED) is 0.679. The molecule has 1 atom stereocenters. The number of aliphatic hydroxyl groups is 1. The van der Waals surface area contributed by atoms with Gasteiger partial charge >= 0.3 is 0 Å². The summed E-state index contributed by atoms with van der Waals surface area (Å²) in [6.07, 6.45) is 1.75. The molecule has 0 aliphatic carbocycles. The number of aromatic nitrogens is 3. The molecule has 0 spiro atoms.